The average Bonchev–Trinajstić information content (AvgIpc) is 3.07. The fourth-order valence-electron chi connectivity index (χ4n) is 3.18. The summed E-state index contributed by atoms with van der Waals surface area (Å²) in [6, 6.07) is 16.0. The molecule has 1 amide bonds. The highest BCUT2D eigenvalue weighted by molar-refractivity contribution is 7.71. The second-order valence-corrected chi connectivity index (χ2v) is 7.55. The van der Waals surface area contributed by atoms with E-state index in [2.05, 4.69) is 15.5 Å². The van der Waals surface area contributed by atoms with E-state index in [1.165, 1.54) is 5.56 Å². The highest BCUT2D eigenvalue weighted by atomic mass is 32.1. The van der Waals surface area contributed by atoms with Gasteiger partial charge in [0.25, 0.3) is 0 Å². The lowest BCUT2D eigenvalue weighted by atomic mass is 10.1. The van der Waals surface area contributed by atoms with Gasteiger partial charge >= 0.3 is 0 Å². The van der Waals surface area contributed by atoms with Crippen molar-refractivity contribution in [3.8, 4) is 17.1 Å². The van der Waals surface area contributed by atoms with Crippen molar-refractivity contribution in [1.82, 2.24) is 20.1 Å². The topological polar surface area (TPSA) is 71.9 Å². The number of nitrogens with zero attached hydrogens (tertiary/aromatic N) is 2. The van der Waals surface area contributed by atoms with Crippen molar-refractivity contribution in [2.45, 2.75) is 39.3 Å². The first-order chi connectivity index (χ1) is 14.0. The van der Waals surface area contributed by atoms with Crippen molar-refractivity contribution < 1.29 is 9.53 Å². The van der Waals surface area contributed by atoms with Crippen LogP contribution in [0.4, 0.5) is 0 Å². The largest absolute Gasteiger partial charge is 0.497 e. The van der Waals surface area contributed by atoms with Gasteiger partial charge in [-0.05, 0) is 62.7 Å². The predicted molar refractivity (Wildman–Crippen MR) is 117 cm³/mol. The number of amides is 1. The molecule has 6 nitrogen and oxygen atoms in total. The predicted octanol–water partition coefficient (Wildman–Crippen LogP) is 4.06. The monoisotopic (exact) mass is 410 g/mol. The fourth-order valence-corrected chi connectivity index (χ4v) is 3.38. The van der Waals surface area contributed by atoms with Crippen molar-refractivity contribution in [3.05, 3.63) is 64.4 Å². The van der Waals surface area contributed by atoms with Crippen LogP contribution in [0.3, 0.4) is 0 Å². The van der Waals surface area contributed by atoms with Crippen molar-refractivity contribution in [2.24, 2.45) is 0 Å². The van der Waals surface area contributed by atoms with Gasteiger partial charge in [0.2, 0.25) is 5.91 Å². The Hall–Kier alpha value is -2.93. The number of methoxy groups -OCH3 is 1. The molecular weight excluding hydrogens is 384 g/mol. The Morgan fingerprint density at radius 2 is 2.03 bits per heavy atom. The minimum atomic E-state index is -0.0846. The highest BCUT2D eigenvalue weighted by Gasteiger charge is 2.14. The van der Waals surface area contributed by atoms with Crippen LogP contribution in [0.15, 0.2) is 48.5 Å². The number of aromatic nitrogens is 3. The molecule has 2 aromatic carbocycles. The van der Waals surface area contributed by atoms with Gasteiger partial charge in [0.15, 0.2) is 10.6 Å². The Morgan fingerprint density at radius 3 is 2.72 bits per heavy atom. The molecule has 0 aliphatic carbocycles. The summed E-state index contributed by atoms with van der Waals surface area (Å²) in [7, 11) is 1.66. The summed E-state index contributed by atoms with van der Waals surface area (Å²) in [4.78, 5) is 12.6. The van der Waals surface area contributed by atoms with Crippen LogP contribution in [0.5, 0.6) is 5.75 Å². The third-order valence-corrected chi connectivity index (χ3v) is 5.08. The maximum Gasteiger partial charge on any atom is 0.240 e. The number of carbonyl (C=O) groups excluding carboxylic acids is 1. The third-order valence-electron chi connectivity index (χ3n) is 4.77. The number of aromatic amines is 1. The Kier molecular flexibility index (Phi) is 6.82. The summed E-state index contributed by atoms with van der Waals surface area (Å²) in [5, 5.41) is 10.2. The fraction of sp³-hybridized carbons (Fsp3) is 0.318. The first-order valence-electron chi connectivity index (χ1n) is 9.61. The van der Waals surface area contributed by atoms with E-state index in [4.69, 9.17) is 17.0 Å². The quantitative estimate of drug-likeness (QED) is 0.549. The second kappa shape index (κ2) is 9.52. The smallest absolute Gasteiger partial charge is 0.240 e. The summed E-state index contributed by atoms with van der Waals surface area (Å²) in [5.41, 5.74) is 3.27. The molecule has 1 unspecified atom stereocenters. The molecule has 1 atom stereocenters. The van der Waals surface area contributed by atoms with Gasteiger partial charge in [-0.1, -0.05) is 35.9 Å². The van der Waals surface area contributed by atoms with E-state index in [0.29, 0.717) is 10.6 Å². The molecule has 1 aromatic heterocycles. The zero-order valence-electron chi connectivity index (χ0n) is 16.9. The van der Waals surface area contributed by atoms with Gasteiger partial charge in [-0.2, -0.15) is 5.10 Å². The molecule has 1 heterocycles. The first-order valence-corrected chi connectivity index (χ1v) is 10.0. The number of aryl methyl sites for hydroxylation is 2. The highest BCUT2D eigenvalue weighted by Crippen LogP contribution is 2.18. The molecule has 0 aliphatic heterocycles. The number of benzene rings is 2. The molecule has 152 valence electrons. The summed E-state index contributed by atoms with van der Waals surface area (Å²) in [5.74, 6) is 1.43. The maximum absolute atomic E-state index is 12.6. The third kappa shape index (κ3) is 5.54. The Morgan fingerprint density at radius 1 is 1.28 bits per heavy atom. The lowest BCUT2D eigenvalue weighted by molar-refractivity contribution is -0.122. The normalized spacial score (nSPS) is 11.8. The molecule has 3 rings (SSSR count). The van der Waals surface area contributed by atoms with Gasteiger partial charge in [0.1, 0.15) is 12.3 Å². The summed E-state index contributed by atoms with van der Waals surface area (Å²) in [6.07, 6.45) is 1.73. The Bertz CT molecular complexity index is 1020. The van der Waals surface area contributed by atoms with Gasteiger partial charge in [-0.25, -0.2) is 0 Å². The van der Waals surface area contributed by atoms with Gasteiger partial charge in [0, 0.05) is 11.6 Å². The molecule has 0 saturated carbocycles. The molecule has 0 bridgehead atoms. The molecule has 7 heteroatoms. The van der Waals surface area contributed by atoms with Gasteiger partial charge in [0.05, 0.1) is 7.11 Å². The standard InChI is InChI=1S/C22H26N4O2S/c1-15-5-4-6-18(13-15)21-24-25-22(29)26(21)14-20(27)23-16(2)7-8-17-9-11-19(28-3)12-10-17/h4-6,9-13,16H,7-8,14H2,1-3H3,(H,23,27)(H,25,29). The van der Waals surface area contributed by atoms with E-state index in [9.17, 15) is 4.79 Å². The van der Waals surface area contributed by atoms with Crippen LogP contribution in [0.1, 0.15) is 24.5 Å². The van der Waals surface area contributed by atoms with Crippen LogP contribution < -0.4 is 10.1 Å². The zero-order chi connectivity index (χ0) is 20.8. The average molecular weight is 411 g/mol. The lowest BCUT2D eigenvalue weighted by Gasteiger charge is -2.15. The number of rotatable bonds is 8. The van der Waals surface area contributed by atoms with Crippen LogP contribution in [0.2, 0.25) is 0 Å². The molecule has 0 aliphatic rings. The van der Waals surface area contributed by atoms with E-state index in [-0.39, 0.29) is 18.5 Å². The minimum Gasteiger partial charge on any atom is -0.497 e. The molecule has 2 N–H and O–H groups in total. The van der Waals surface area contributed by atoms with Crippen LogP contribution in [-0.2, 0) is 17.8 Å². The van der Waals surface area contributed by atoms with Crippen LogP contribution in [0.25, 0.3) is 11.4 Å². The molecule has 29 heavy (non-hydrogen) atoms. The summed E-state index contributed by atoms with van der Waals surface area (Å²) >= 11 is 5.33. The van der Waals surface area contributed by atoms with Gasteiger partial charge < -0.3 is 10.1 Å². The minimum absolute atomic E-state index is 0.0492. The summed E-state index contributed by atoms with van der Waals surface area (Å²) < 4.78 is 7.34. The number of nitrogens with one attached hydrogen (secondary N) is 2. The number of H-pyrrole nitrogens is 1. The van der Waals surface area contributed by atoms with Crippen molar-refractivity contribution in [1.29, 1.82) is 0 Å². The SMILES string of the molecule is COc1ccc(CCC(C)NC(=O)Cn2c(-c3cccc(C)c3)n[nH]c2=S)cc1. The van der Waals surface area contributed by atoms with Crippen LogP contribution >= 0.6 is 12.2 Å². The number of hydrogen-bond donors (Lipinski definition) is 2. The van der Waals surface area contributed by atoms with E-state index >= 15 is 0 Å². The van der Waals surface area contributed by atoms with E-state index < -0.39 is 0 Å². The molecular formula is C22H26N4O2S. The second-order valence-electron chi connectivity index (χ2n) is 7.16. The molecule has 0 saturated heterocycles. The van der Waals surface area contributed by atoms with Gasteiger partial charge in [-0.3, -0.25) is 14.5 Å². The van der Waals surface area contributed by atoms with Crippen LogP contribution in [-0.4, -0.2) is 33.8 Å². The van der Waals surface area contributed by atoms with E-state index in [1.807, 2.05) is 62.4 Å². The Balaban J connectivity index is 1.59. The van der Waals surface area contributed by atoms with E-state index in [0.717, 1.165) is 29.7 Å². The Labute approximate surface area is 175 Å². The number of hydrogen-bond acceptors (Lipinski definition) is 4. The zero-order valence-corrected chi connectivity index (χ0v) is 17.8. The first kappa shape index (κ1) is 20.8. The number of carbonyl (C=O) groups is 1. The van der Waals surface area contributed by atoms with Crippen molar-refractivity contribution in [2.75, 3.05) is 7.11 Å². The molecule has 0 spiro atoms. The van der Waals surface area contributed by atoms with Crippen molar-refractivity contribution >= 4 is 18.1 Å². The van der Waals surface area contributed by atoms with Crippen molar-refractivity contribution in [3.63, 3.8) is 0 Å². The lowest BCUT2D eigenvalue weighted by Crippen LogP contribution is -2.35. The maximum atomic E-state index is 12.6. The number of ether oxygens (including phenoxy) is 1. The van der Waals surface area contributed by atoms with Crippen LogP contribution in [0, 0.1) is 11.7 Å². The molecule has 0 radical (unpaired) electrons. The molecule has 0 fully saturated rings. The van der Waals surface area contributed by atoms with E-state index in [1.54, 1.807) is 11.7 Å². The summed E-state index contributed by atoms with van der Waals surface area (Å²) in [6.45, 7) is 4.16. The van der Waals surface area contributed by atoms with Gasteiger partial charge in [-0.15, -0.1) is 0 Å². The molecule has 3 aromatic rings.